The molecule has 1 saturated heterocycles. The number of nitrogens with zero attached hydrogens (tertiary/aromatic N) is 1. The van der Waals surface area contributed by atoms with Crippen LogP contribution in [-0.4, -0.2) is 39.9 Å². The number of carboxylic acids is 1. The first kappa shape index (κ1) is 19.1. The highest BCUT2D eigenvalue weighted by Gasteiger charge is 2.31. The smallest absolute Gasteiger partial charge is 0.336 e. The second-order valence-electron chi connectivity index (χ2n) is 5.82. The van der Waals surface area contributed by atoms with Crippen molar-refractivity contribution in [1.82, 2.24) is 4.90 Å². The van der Waals surface area contributed by atoms with E-state index in [0.717, 1.165) is 11.3 Å². The Balaban J connectivity index is 1.74. The van der Waals surface area contributed by atoms with Gasteiger partial charge in [0.2, 0.25) is 0 Å². The van der Waals surface area contributed by atoms with Crippen molar-refractivity contribution < 1.29 is 19.4 Å². The van der Waals surface area contributed by atoms with Crippen molar-refractivity contribution in [1.29, 1.82) is 0 Å². The first-order valence-corrected chi connectivity index (χ1v) is 9.42. The lowest BCUT2D eigenvalue weighted by Gasteiger charge is -2.14. The van der Waals surface area contributed by atoms with Gasteiger partial charge in [0, 0.05) is 6.54 Å². The van der Waals surface area contributed by atoms with Crippen LogP contribution in [0, 0.1) is 0 Å². The molecule has 27 heavy (non-hydrogen) atoms. The van der Waals surface area contributed by atoms with Gasteiger partial charge in [-0.2, -0.15) is 0 Å². The number of carbonyl (C=O) groups is 2. The molecule has 0 radical (unpaired) electrons. The summed E-state index contributed by atoms with van der Waals surface area (Å²) in [6.07, 6.45) is 2.26. The minimum atomic E-state index is -1.03. The SMILES string of the molecule is COc1ccc(CCN2C(=O)/C(=C\c3ccccc3C(=O)O)SC2=S)cc1. The summed E-state index contributed by atoms with van der Waals surface area (Å²) in [5, 5.41) is 9.29. The van der Waals surface area contributed by atoms with Crippen LogP contribution in [0.25, 0.3) is 6.08 Å². The van der Waals surface area contributed by atoms with Crippen molar-refractivity contribution in [2.45, 2.75) is 6.42 Å². The summed E-state index contributed by atoms with van der Waals surface area (Å²) >= 11 is 6.54. The van der Waals surface area contributed by atoms with E-state index < -0.39 is 5.97 Å². The first-order chi connectivity index (χ1) is 13.0. The molecular weight excluding hydrogens is 382 g/mol. The quantitative estimate of drug-likeness (QED) is 0.588. The normalized spacial score (nSPS) is 15.4. The molecular formula is C20H17NO4S2. The van der Waals surface area contributed by atoms with Gasteiger partial charge in [-0.15, -0.1) is 0 Å². The highest BCUT2D eigenvalue weighted by molar-refractivity contribution is 8.26. The van der Waals surface area contributed by atoms with Crippen molar-refractivity contribution in [2.75, 3.05) is 13.7 Å². The van der Waals surface area contributed by atoms with E-state index in [1.165, 1.54) is 17.8 Å². The van der Waals surface area contributed by atoms with E-state index in [1.807, 2.05) is 24.3 Å². The molecule has 0 bridgehead atoms. The Kier molecular flexibility index (Phi) is 5.93. The van der Waals surface area contributed by atoms with E-state index >= 15 is 0 Å². The highest BCUT2D eigenvalue weighted by atomic mass is 32.2. The topological polar surface area (TPSA) is 66.8 Å². The zero-order valence-electron chi connectivity index (χ0n) is 14.5. The summed E-state index contributed by atoms with van der Waals surface area (Å²) in [7, 11) is 1.62. The Labute approximate surface area is 166 Å². The van der Waals surface area contributed by atoms with Crippen molar-refractivity contribution in [3.63, 3.8) is 0 Å². The fourth-order valence-electron chi connectivity index (χ4n) is 2.68. The largest absolute Gasteiger partial charge is 0.497 e. The third-order valence-electron chi connectivity index (χ3n) is 4.13. The van der Waals surface area contributed by atoms with Crippen LogP contribution < -0.4 is 4.74 Å². The van der Waals surface area contributed by atoms with Crippen molar-refractivity contribution in [2.24, 2.45) is 0 Å². The molecule has 2 aromatic carbocycles. The van der Waals surface area contributed by atoms with Crippen LogP contribution >= 0.6 is 24.0 Å². The summed E-state index contributed by atoms with van der Waals surface area (Å²) in [6, 6.07) is 14.2. The zero-order chi connectivity index (χ0) is 19.4. The molecule has 1 aliphatic heterocycles. The number of thioether (sulfide) groups is 1. The molecule has 1 heterocycles. The lowest BCUT2D eigenvalue weighted by atomic mass is 10.1. The molecule has 3 rings (SSSR count). The zero-order valence-corrected chi connectivity index (χ0v) is 16.2. The van der Waals surface area contributed by atoms with Crippen LogP contribution in [0.2, 0.25) is 0 Å². The third-order valence-corrected chi connectivity index (χ3v) is 5.51. The van der Waals surface area contributed by atoms with Crippen molar-refractivity contribution in [3.05, 3.63) is 70.1 Å². The maximum Gasteiger partial charge on any atom is 0.336 e. The molecule has 7 heteroatoms. The van der Waals surface area contributed by atoms with E-state index in [0.29, 0.717) is 27.8 Å². The number of rotatable bonds is 6. The van der Waals surface area contributed by atoms with E-state index in [4.69, 9.17) is 17.0 Å². The number of carbonyl (C=O) groups excluding carboxylic acids is 1. The van der Waals surface area contributed by atoms with Crippen molar-refractivity contribution >= 4 is 46.3 Å². The van der Waals surface area contributed by atoms with Gasteiger partial charge >= 0.3 is 5.97 Å². The lowest BCUT2D eigenvalue weighted by Crippen LogP contribution is -2.30. The third kappa shape index (κ3) is 4.37. The van der Waals surface area contributed by atoms with Gasteiger partial charge in [-0.05, 0) is 41.8 Å². The number of carboxylic acid groups (broad SMARTS) is 1. The molecule has 0 unspecified atom stereocenters. The van der Waals surface area contributed by atoms with Gasteiger partial charge < -0.3 is 9.84 Å². The van der Waals surface area contributed by atoms with Gasteiger partial charge in [0.15, 0.2) is 0 Å². The van der Waals surface area contributed by atoms with Gasteiger partial charge in [-0.25, -0.2) is 4.79 Å². The number of thiocarbonyl (C=S) groups is 1. The Morgan fingerprint density at radius 2 is 1.93 bits per heavy atom. The van der Waals surface area contributed by atoms with Gasteiger partial charge in [0.25, 0.3) is 5.91 Å². The average Bonchev–Trinajstić information content (AvgIpc) is 2.94. The molecule has 1 N–H and O–H groups in total. The molecule has 0 aliphatic carbocycles. The predicted molar refractivity (Wildman–Crippen MR) is 110 cm³/mol. The van der Waals surface area contributed by atoms with Gasteiger partial charge in [0.05, 0.1) is 17.6 Å². The average molecular weight is 399 g/mol. The number of ether oxygens (including phenoxy) is 1. The molecule has 1 fully saturated rings. The minimum absolute atomic E-state index is 0.154. The van der Waals surface area contributed by atoms with Crippen LogP contribution in [0.3, 0.4) is 0 Å². The summed E-state index contributed by atoms with van der Waals surface area (Å²) in [5.74, 6) is -0.445. The molecule has 1 amide bonds. The van der Waals surface area contributed by atoms with E-state index in [9.17, 15) is 14.7 Å². The summed E-state index contributed by atoms with van der Waals surface area (Å²) in [5.41, 5.74) is 1.71. The number of methoxy groups -OCH3 is 1. The van der Waals surface area contributed by atoms with Crippen LogP contribution in [0.1, 0.15) is 21.5 Å². The van der Waals surface area contributed by atoms with Crippen molar-refractivity contribution in [3.8, 4) is 5.75 Å². The molecule has 1 aliphatic rings. The second kappa shape index (κ2) is 8.37. The Morgan fingerprint density at radius 3 is 2.59 bits per heavy atom. The number of aromatic carboxylic acids is 1. The number of hydrogen-bond acceptors (Lipinski definition) is 5. The van der Waals surface area contributed by atoms with Crippen LogP contribution in [-0.2, 0) is 11.2 Å². The number of hydrogen-bond donors (Lipinski definition) is 1. The lowest BCUT2D eigenvalue weighted by molar-refractivity contribution is -0.122. The minimum Gasteiger partial charge on any atom is -0.497 e. The van der Waals surface area contributed by atoms with Gasteiger partial charge in [-0.3, -0.25) is 9.69 Å². The van der Waals surface area contributed by atoms with Gasteiger partial charge in [0.1, 0.15) is 10.1 Å². The van der Waals surface area contributed by atoms with Gasteiger partial charge in [-0.1, -0.05) is 54.3 Å². The summed E-state index contributed by atoms with van der Waals surface area (Å²) in [6.45, 7) is 0.467. The maximum absolute atomic E-state index is 12.7. The van der Waals surface area contributed by atoms with E-state index in [1.54, 1.807) is 36.3 Å². The highest BCUT2D eigenvalue weighted by Crippen LogP contribution is 2.33. The molecule has 138 valence electrons. The fraction of sp³-hybridized carbons (Fsp3) is 0.150. The summed E-state index contributed by atoms with van der Waals surface area (Å²) < 4.78 is 5.62. The second-order valence-corrected chi connectivity index (χ2v) is 7.50. The predicted octanol–water partition coefficient (Wildman–Crippen LogP) is 3.84. The molecule has 0 spiro atoms. The molecule has 2 aromatic rings. The molecule has 5 nitrogen and oxygen atoms in total. The van der Waals surface area contributed by atoms with Crippen LogP contribution in [0.4, 0.5) is 0 Å². The summed E-state index contributed by atoms with van der Waals surface area (Å²) in [4.78, 5) is 26.0. The number of amides is 1. The number of benzene rings is 2. The fourth-order valence-corrected chi connectivity index (χ4v) is 3.98. The van der Waals surface area contributed by atoms with E-state index in [2.05, 4.69) is 0 Å². The Hall–Kier alpha value is -2.64. The maximum atomic E-state index is 12.7. The first-order valence-electron chi connectivity index (χ1n) is 8.20. The molecule has 0 saturated carbocycles. The van der Waals surface area contributed by atoms with E-state index in [-0.39, 0.29) is 11.5 Å². The Morgan fingerprint density at radius 1 is 1.22 bits per heavy atom. The molecule has 0 atom stereocenters. The Bertz CT molecular complexity index is 922. The monoisotopic (exact) mass is 399 g/mol. The standard InChI is InChI=1S/C20H17NO4S2/c1-25-15-8-6-13(7-9-15)10-11-21-18(22)17(27-20(21)26)12-14-4-2-3-5-16(14)19(23)24/h2-9,12H,10-11H2,1H3,(H,23,24)/b17-12+. The van der Waals surface area contributed by atoms with Crippen LogP contribution in [0.15, 0.2) is 53.4 Å². The molecule has 0 aromatic heterocycles. The van der Waals surface area contributed by atoms with Crippen LogP contribution in [0.5, 0.6) is 5.75 Å².